The highest BCUT2D eigenvalue weighted by molar-refractivity contribution is 9.10. The maximum absolute atomic E-state index is 13.4. The number of ketones is 1. The Hall–Kier alpha value is -3.84. The number of amides is 1. The minimum absolute atomic E-state index is 0.0475. The molecule has 39 heavy (non-hydrogen) atoms. The van der Waals surface area contributed by atoms with Crippen molar-refractivity contribution >= 4 is 44.3 Å². The van der Waals surface area contributed by atoms with Crippen LogP contribution >= 0.6 is 15.9 Å². The number of likely N-dealkylation sites (tertiary alicyclic amines) is 1. The molecule has 0 saturated carbocycles. The number of carbonyl (C=O) groups excluding carboxylic acids is 2. The monoisotopic (exact) mass is 586 g/mol. The lowest BCUT2D eigenvalue weighted by Crippen LogP contribution is -2.31. The second-order valence-corrected chi connectivity index (χ2v) is 11.8. The molecular weight excluding hydrogens is 556 g/mol. The van der Waals surface area contributed by atoms with Gasteiger partial charge in [0.25, 0.3) is 11.7 Å². The normalized spacial score (nSPS) is 17.3. The summed E-state index contributed by atoms with van der Waals surface area (Å²) in [4.78, 5) is 31.7. The first kappa shape index (κ1) is 26.8. The van der Waals surface area contributed by atoms with Gasteiger partial charge in [0.15, 0.2) is 0 Å². The van der Waals surface area contributed by atoms with Gasteiger partial charge in [-0.1, -0.05) is 73.1 Å². The van der Waals surface area contributed by atoms with Crippen LogP contribution in [0.5, 0.6) is 5.75 Å². The number of Topliss-reactive ketones (excluding diaryl/α,β-unsaturated/α-hetero) is 1. The molecule has 0 bridgehead atoms. The van der Waals surface area contributed by atoms with Gasteiger partial charge in [-0.2, -0.15) is 0 Å². The van der Waals surface area contributed by atoms with E-state index in [1.54, 1.807) is 36.3 Å². The summed E-state index contributed by atoms with van der Waals surface area (Å²) < 4.78 is 6.25. The van der Waals surface area contributed by atoms with Crippen LogP contribution in [0.3, 0.4) is 0 Å². The highest BCUT2D eigenvalue weighted by atomic mass is 79.9. The van der Waals surface area contributed by atoms with E-state index in [9.17, 15) is 14.7 Å². The van der Waals surface area contributed by atoms with Gasteiger partial charge in [0, 0.05) is 33.7 Å². The zero-order valence-corrected chi connectivity index (χ0v) is 24.0. The van der Waals surface area contributed by atoms with E-state index < -0.39 is 17.7 Å². The van der Waals surface area contributed by atoms with Crippen molar-refractivity contribution in [2.75, 3.05) is 13.7 Å². The molecule has 2 heterocycles. The number of rotatable bonds is 6. The quantitative estimate of drug-likeness (QED) is 0.146. The summed E-state index contributed by atoms with van der Waals surface area (Å²) in [6, 6.07) is 20.1. The van der Waals surface area contributed by atoms with Crippen molar-refractivity contribution in [3.05, 3.63) is 105 Å². The van der Waals surface area contributed by atoms with Gasteiger partial charge < -0.3 is 19.7 Å². The number of nitrogens with zero attached hydrogens (tertiary/aromatic N) is 1. The van der Waals surface area contributed by atoms with Crippen LogP contribution < -0.4 is 4.74 Å². The lowest BCUT2D eigenvalue weighted by molar-refractivity contribution is -0.139. The van der Waals surface area contributed by atoms with Crippen molar-refractivity contribution in [3.8, 4) is 5.75 Å². The van der Waals surface area contributed by atoms with Gasteiger partial charge in [-0.3, -0.25) is 9.59 Å². The third-order valence-corrected chi connectivity index (χ3v) is 7.88. The van der Waals surface area contributed by atoms with E-state index in [0.717, 1.165) is 37.8 Å². The molecule has 0 aliphatic carbocycles. The number of aromatic amines is 1. The first-order valence-electron chi connectivity index (χ1n) is 12.9. The second kappa shape index (κ2) is 10.4. The maximum Gasteiger partial charge on any atom is 0.295 e. The average molecular weight is 588 g/mol. The molecular formula is C32H31BrN2O4. The van der Waals surface area contributed by atoms with Crippen molar-refractivity contribution in [2.45, 2.75) is 38.6 Å². The molecule has 0 radical (unpaired) electrons. The van der Waals surface area contributed by atoms with Crippen LogP contribution in [-0.4, -0.2) is 40.3 Å². The minimum atomic E-state index is -0.706. The molecule has 1 aromatic heterocycles. The number of aliphatic hydroxyl groups is 1. The minimum Gasteiger partial charge on any atom is -0.507 e. The summed E-state index contributed by atoms with van der Waals surface area (Å²) in [7, 11) is 1.63. The van der Waals surface area contributed by atoms with E-state index in [0.29, 0.717) is 18.5 Å². The Kier molecular flexibility index (Phi) is 7.12. The fraction of sp³-hybridized carbons (Fsp3) is 0.250. The lowest BCUT2D eigenvalue weighted by atomic mass is 9.85. The highest BCUT2D eigenvalue weighted by Crippen LogP contribution is 2.40. The fourth-order valence-electron chi connectivity index (χ4n) is 5.12. The maximum atomic E-state index is 13.4. The molecule has 1 amide bonds. The Morgan fingerprint density at radius 1 is 1.03 bits per heavy atom. The van der Waals surface area contributed by atoms with Gasteiger partial charge in [0.2, 0.25) is 0 Å². The molecule has 2 N–H and O–H groups in total. The Balaban J connectivity index is 1.56. The highest BCUT2D eigenvalue weighted by Gasteiger charge is 2.46. The third-order valence-electron chi connectivity index (χ3n) is 7.35. The number of benzene rings is 3. The lowest BCUT2D eigenvalue weighted by Gasteiger charge is -2.26. The first-order chi connectivity index (χ1) is 18.6. The van der Waals surface area contributed by atoms with E-state index in [1.807, 2.05) is 48.7 Å². The molecule has 3 aromatic carbocycles. The smallest absolute Gasteiger partial charge is 0.295 e. The average Bonchev–Trinajstić information content (AvgIpc) is 3.44. The van der Waals surface area contributed by atoms with E-state index in [2.05, 4.69) is 41.7 Å². The second-order valence-electron chi connectivity index (χ2n) is 10.8. The van der Waals surface area contributed by atoms with E-state index in [1.165, 1.54) is 0 Å². The van der Waals surface area contributed by atoms with Crippen LogP contribution in [0, 0.1) is 0 Å². The summed E-state index contributed by atoms with van der Waals surface area (Å²) in [6.07, 6.45) is 2.45. The number of aliphatic hydroxyl groups excluding tert-OH is 1. The molecule has 6 nitrogen and oxygen atoms in total. The summed E-state index contributed by atoms with van der Waals surface area (Å²) in [6.45, 7) is 6.71. The number of ether oxygens (including phenoxy) is 1. The van der Waals surface area contributed by atoms with Crippen molar-refractivity contribution in [1.82, 2.24) is 9.88 Å². The molecule has 1 atom stereocenters. The Morgan fingerprint density at radius 2 is 1.72 bits per heavy atom. The van der Waals surface area contributed by atoms with Crippen molar-refractivity contribution in [1.29, 1.82) is 0 Å². The van der Waals surface area contributed by atoms with Crippen LogP contribution in [0.4, 0.5) is 0 Å². The zero-order chi connectivity index (χ0) is 27.9. The van der Waals surface area contributed by atoms with E-state index in [-0.39, 0.29) is 16.7 Å². The van der Waals surface area contributed by atoms with Crippen LogP contribution in [0.1, 0.15) is 49.1 Å². The topological polar surface area (TPSA) is 82.6 Å². The molecule has 200 valence electrons. The number of hydrogen-bond acceptors (Lipinski definition) is 4. The Labute approximate surface area is 236 Å². The molecule has 1 fully saturated rings. The molecule has 7 heteroatoms. The predicted molar refractivity (Wildman–Crippen MR) is 157 cm³/mol. The molecule has 4 aromatic rings. The zero-order valence-electron chi connectivity index (χ0n) is 22.4. The van der Waals surface area contributed by atoms with E-state index in [4.69, 9.17) is 4.74 Å². The Morgan fingerprint density at radius 3 is 2.36 bits per heavy atom. The van der Waals surface area contributed by atoms with Crippen LogP contribution in [-0.2, 0) is 21.4 Å². The first-order valence-corrected chi connectivity index (χ1v) is 13.7. The largest absolute Gasteiger partial charge is 0.507 e. The summed E-state index contributed by atoms with van der Waals surface area (Å²) in [5.41, 5.74) is 4.44. The number of hydrogen-bond donors (Lipinski definition) is 2. The van der Waals surface area contributed by atoms with Gasteiger partial charge in [0.05, 0.1) is 18.7 Å². The van der Waals surface area contributed by atoms with Crippen molar-refractivity contribution in [3.63, 3.8) is 0 Å². The Bertz CT molecular complexity index is 1580. The number of halogens is 1. The van der Waals surface area contributed by atoms with Gasteiger partial charge in [-0.15, -0.1) is 0 Å². The number of H-pyrrole nitrogens is 1. The molecule has 1 aliphatic rings. The fourth-order valence-corrected chi connectivity index (χ4v) is 5.38. The molecule has 5 rings (SSSR count). The third kappa shape index (κ3) is 5.11. The number of aromatic nitrogens is 1. The van der Waals surface area contributed by atoms with Crippen LogP contribution in [0.15, 0.2) is 83.0 Å². The van der Waals surface area contributed by atoms with Gasteiger partial charge in [-0.05, 0) is 58.9 Å². The SMILES string of the molecule is COc1ccc2[nH]cc(CCN3C(=O)C(=O)C(=C(O)c4ccc(Br)cc4)[C@H]3c3ccc(C(C)(C)C)cc3)c2c1. The number of carbonyl (C=O) groups is 2. The summed E-state index contributed by atoms with van der Waals surface area (Å²) in [5, 5.41) is 12.3. The predicted octanol–water partition coefficient (Wildman–Crippen LogP) is 6.90. The number of fused-ring (bicyclic) bond motifs is 1. The molecule has 0 unspecified atom stereocenters. The van der Waals surface area contributed by atoms with Crippen LogP contribution in [0.2, 0.25) is 0 Å². The molecule has 0 spiro atoms. The summed E-state index contributed by atoms with van der Waals surface area (Å²) >= 11 is 3.41. The summed E-state index contributed by atoms with van der Waals surface area (Å²) in [5.74, 6) is -0.723. The van der Waals surface area contributed by atoms with Gasteiger partial charge in [0.1, 0.15) is 11.5 Å². The van der Waals surface area contributed by atoms with Gasteiger partial charge >= 0.3 is 0 Å². The molecule has 1 aliphatic heterocycles. The number of methoxy groups -OCH3 is 1. The number of nitrogens with one attached hydrogen (secondary N) is 1. The van der Waals surface area contributed by atoms with Gasteiger partial charge in [-0.25, -0.2) is 0 Å². The standard InChI is InChI=1S/C32H31BrN2O4/c1-32(2,3)22-9-5-19(6-10-22)28-27(29(36)20-7-11-23(33)12-8-20)30(37)31(38)35(28)16-15-21-18-34-26-14-13-24(39-4)17-25(21)26/h5-14,17-18,28,34,36H,15-16H2,1-4H3/t28-/m1/s1. The van der Waals surface area contributed by atoms with Crippen molar-refractivity contribution < 1.29 is 19.4 Å². The van der Waals surface area contributed by atoms with E-state index >= 15 is 0 Å². The van der Waals surface area contributed by atoms with Crippen molar-refractivity contribution in [2.24, 2.45) is 0 Å². The molecule has 1 saturated heterocycles. The van der Waals surface area contributed by atoms with Crippen LogP contribution in [0.25, 0.3) is 16.7 Å².